The van der Waals surface area contributed by atoms with Crippen molar-refractivity contribution in [2.24, 2.45) is 10.9 Å². The van der Waals surface area contributed by atoms with Crippen molar-refractivity contribution in [1.82, 2.24) is 15.6 Å². The summed E-state index contributed by atoms with van der Waals surface area (Å²) in [6, 6.07) is 1.16. The molecule has 2 atom stereocenters. The van der Waals surface area contributed by atoms with Crippen LogP contribution in [0, 0.1) is 17.6 Å². The lowest BCUT2D eigenvalue weighted by molar-refractivity contribution is -0.148. The Balaban J connectivity index is 1.59. The number of allylic oxidation sites excluding steroid dienone is 1. The van der Waals surface area contributed by atoms with Gasteiger partial charge in [-0.25, -0.2) is 18.6 Å². The summed E-state index contributed by atoms with van der Waals surface area (Å²) in [5.41, 5.74) is 0.463. The Kier molecular flexibility index (Phi) is 9.65. The van der Waals surface area contributed by atoms with Gasteiger partial charge in [-0.15, -0.1) is 11.3 Å². The van der Waals surface area contributed by atoms with Crippen LogP contribution in [0.5, 0.6) is 0 Å². The molecule has 210 valence electrons. The summed E-state index contributed by atoms with van der Waals surface area (Å²) >= 11 is 7.47. The molecular weight excluding hydrogens is 554 g/mol. The molecule has 2 heterocycles. The van der Waals surface area contributed by atoms with Gasteiger partial charge >= 0.3 is 11.9 Å². The number of methoxy groups -OCH3 is 1. The SMILES string of the molecule is COC[C@@H](CNC1CCC(C2=C(C(=O)O)C(c3ccc(F)c(F)c3Cl)N=C(c3nccs3)N2)CC1)OC(C)=O. The van der Waals surface area contributed by atoms with Crippen molar-refractivity contribution in [2.75, 3.05) is 20.3 Å². The Hall–Kier alpha value is -2.93. The fraction of sp³-hybridized carbons (Fsp3) is 0.462. The average molecular weight is 583 g/mol. The molecule has 2 aromatic rings. The second-order valence-electron chi connectivity index (χ2n) is 9.38. The quantitative estimate of drug-likeness (QED) is 0.281. The van der Waals surface area contributed by atoms with Crippen LogP contribution >= 0.6 is 22.9 Å². The molecule has 0 bridgehead atoms. The monoisotopic (exact) mass is 582 g/mol. The van der Waals surface area contributed by atoms with Gasteiger partial charge in [-0.1, -0.05) is 17.7 Å². The zero-order valence-electron chi connectivity index (χ0n) is 21.4. The predicted octanol–water partition coefficient (Wildman–Crippen LogP) is 4.23. The second-order valence-corrected chi connectivity index (χ2v) is 10.7. The highest BCUT2D eigenvalue weighted by atomic mass is 35.5. The summed E-state index contributed by atoms with van der Waals surface area (Å²) in [5, 5.41) is 18.7. The van der Waals surface area contributed by atoms with Gasteiger partial charge in [0.05, 0.1) is 17.2 Å². The Morgan fingerprint density at radius 1 is 1.28 bits per heavy atom. The molecule has 1 aliphatic carbocycles. The van der Waals surface area contributed by atoms with E-state index < -0.39 is 34.8 Å². The Morgan fingerprint density at radius 2 is 2.03 bits per heavy atom. The molecule has 3 N–H and O–H groups in total. The van der Waals surface area contributed by atoms with Gasteiger partial charge in [0.25, 0.3) is 0 Å². The van der Waals surface area contributed by atoms with Gasteiger partial charge in [0.2, 0.25) is 0 Å². The fourth-order valence-electron chi connectivity index (χ4n) is 4.99. The molecule has 0 saturated heterocycles. The average Bonchev–Trinajstić information content (AvgIpc) is 3.45. The summed E-state index contributed by atoms with van der Waals surface area (Å²) in [7, 11) is 1.54. The van der Waals surface area contributed by atoms with E-state index >= 15 is 0 Å². The number of carboxylic acid groups (broad SMARTS) is 1. The molecule has 0 amide bonds. The van der Waals surface area contributed by atoms with Crippen LogP contribution in [0.15, 0.2) is 40.0 Å². The van der Waals surface area contributed by atoms with Crippen LogP contribution in [-0.2, 0) is 19.1 Å². The molecule has 1 aliphatic heterocycles. The number of aromatic nitrogens is 1. The first-order valence-corrected chi connectivity index (χ1v) is 13.7. The molecule has 1 aromatic carbocycles. The van der Waals surface area contributed by atoms with Crippen molar-refractivity contribution in [3.63, 3.8) is 0 Å². The van der Waals surface area contributed by atoms with E-state index in [9.17, 15) is 23.5 Å². The number of halogens is 3. The number of rotatable bonds is 10. The molecule has 1 saturated carbocycles. The second kappa shape index (κ2) is 12.9. The van der Waals surface area contributed by atoms with E-state index in [0.717, 1.165) is 18.9 Å². The molecule has 1 fully saturated rings. The minimum atomic E-state index is -1.25. The summed E-state index contributed by atoms with van der Waals surface area (Å²) in [5.74, 6) is -3.80. The zero-order valence-corrected chi connectivity index (χ0v) is 23.0. The number of aliphatic carboxylic acids is 1. The number of carbonyl (C=O) groups excluding carboxylic acids is 1. The van der Waals surface area contributed by atoms with Gasteiger partial charge in [0.15, 0.2) is 22.5 Å². The number of benzene rings is 1. The van der Waals surface area contributed by atoms with E-state index in [4.69, 9.17) is 21.1 Å². The van der Waals surface area contributed by atoms with Gasteiger partial charge < -0.3 is 25.2 Å². The normalized spacial score (nSPS) is 22.2. The predicted molar refractivity (Wildman–Crippen MR) is 142 cm³/mol. The highest BCUT2D eigenvalue weighted by Gasteiger charge is 2.37. The van der Waals surface area contributed by atoms with Crippen LogP contribution in [0.4, 0.5) is 8.78 Å². The minimum absolute atomic E-state index is 0.0605. The fourth-order valence-corrected chi connectivity index (χ4v) is 5.83. The molecule has 0 radical (unpaired) electrons. The first-order chi connectivity index (χ1) is 18.7. The molecule has 13 heteroatoms. The number of hydrogen-bond donors (Lipinski definition) is 3. The minimum Gasteiger partial charge on any atom is -0.478 e. The number of nitrogens with one attached hydrogen (secondary N) is 2. The number of carboxylic acids is 1. The van der Waals surface area contributed by atoms with Gasteiger partial charge in [-0.05, 0) is 37.7 Å². The Labute approximate surface area is 233 Å². The Bertz CT molecular complexity index is 1270. The summed E-state index contributed by atoms with van der Waals surface area (Å²) in [6.07, 6.45) is 3.98. The molecule has 39 heavy (non-hydrogen) atoms. The molecule has 1 aromatic heterocycles. The van der Waals surface area contributed by atoms with Crippen molar-refractivity contribution in [2.45, 2.75) is 50.8 Å². The van der Waals surface area contributed by atoms with Crippen LogP contribution in [-0.4, -0.2) is 60.3 Å². The van der Waals surface area contributed by atoms with E-state index in [1.54, 1.807) is 11.6 Å². The molecule has 2 aliphatic rings. The van der Waals surface area contributed by atoms with Crippen molar-refractivity contribution in [3.8, 4) is 0 Å². The third-order valence-corrected chi connectivity index (χ3v) is 7.92. The van der Waals surface area contributed by atoms with Crippen molar-refractivity contribution in [1.29, 1.82) is 0 Å². The molecule has 0 spiro atoms. The number of hydrogen-bond acceptors (Lipinski definition) is 9. The van der Waals surface area contributed by atoms with Crippen molar-refractivity contribution < 1.29 is 33.0 Å². The third kappa shape index (κ3) is 6.81. The van der Waals surface area contributed by atoms with Crippen molar-refractivity contribution >= 4 is 40.7 Å². The van der Waals surface area contributed by atoms with E-state index in [-0.39, 0.29) is 35.7 Å². The van der Waals surface area contributed by atoms with E-state index in [2.05, 4.69) is 20.6 Å². The standard InChI is InChI=1S/C26H29ClF2N4O5S/c1-13(34)38-16(12-37-2)11-31-15-5-3-14(4-6-15)22-19(26(35)36)23(17-7-8-18(28)21(29)20(17)27)33-24(32-22)25-30-9-10-39-25/h7-10,14-16,23,31H,3-6,11-12H2,1-2H3,(H,32,33)(H,35,36)/t14?,15?,16-,23?/m1/s1. The highest BCUT2D eigenvalue weighted by molar-refractivity contribution is 7.11. The first-order valence-electron chi connectivity index (χ1n) is 12.4. The van der Waals surface area contributed by atoms with E-state index in [1.807, 2.05) is 0 Å². The molecule has 9 nitrogen and oxygen atoms in total. The van der Waals surface area contributed by atoms with Gasteiger partial charge in [-0.3, -0.25) is 9.79 Å². The lowest BCUT2D eigenvalue weighted by Gasteiger charge is -2.35. The Morgan fingerprint density at radius 3 is 2.64 bits per heavy atom. The number of esters is 1. The number of carbonyl (C=O) groups is 2. The molecule has 4 rings (SSSR count). The summed E-state index contributed by atoms with van der Waals surface area (Å²) in [6.45, 7) is 2.05. The maximum absolute atomic E-state index is 14.4. The van der Waals surface area contributed by atoms with E-state index in [0.29, 0.717) is 35.9 Å². The number of amidine groups is 1. The third-order valence-electron chi connectivity index (χ3n) is 6.75. The van der Waals surface area contributed by atoms with Crippen LogP contribution in [0.1, 0.15) is 49.2 Å². The van der Waals surface area contributed by atoms with Crippen LogP contribution in [0.25, 0.3) is 0 Å². The van der Waals surface area contributed by atoms with Crippen LogP contribution < -0.4 is 10.6 Å². The largest absolute Gasteiger partial charge is 0.478 e. The van der Waals surface area contributed by atoms with Gasteiger partial charge in [0.1, 0.15) is 12.1 Å². The summed E-state index contributed by atoms with van der Waals surface area (Å²) < 4.78 is 38.6. The lowest BCUT2D eigenvalue weighted by Crippen LogP contribution is -2.43. The first kappa shape index (κ1) is 29.1. The molecule has 1 unspecified atom stereocenters. The topological polar surface area (TPSA) is 122 Å². The lowest BCUT2D eigenvalue weighted by atomic mass is 9.80. The van der Waals surface area contributed by atoms with E-state index in [1.165, 1.54) is 31.4 Å². The molecular formula is C26H29ClF2N4O5S. The maximum Gasteiger partial charge on any atom is 0.335 e. The highest BCUT2D eigenvalue weighted by Crippen LogP contribution is 2.41. The number of aliphatic imine (C=N–C) groups is 1. The maximum atomic E-state index is 14.4. The van der Waals surface area contributed by atoms with Crippen LogP contribution in [0.2, 0.25) is 5.02 Å². The van der Waals surface area contributed by atoms with Gasteiger partial charge in [0, 0.05) is 49.5 Å². The number of ether oxygens (including phenoxy) is 2. The number of thiazole rings is 1. The summed E-state index contributed by atoms with van der Waals surface area (Å²) in [4.78, 5) is 32.8. The zero-order chi connectivity index (χ0) is 28.1. The number of nitrogens with zero attached hydrogens (tertiary/aromatic N) is 2. The smallest absolute Gasteiger partial charge is 0.335 e. The van der Waals surface area contributed by atoms with Crippen LogP contribution in [0.3, 0.4) is 0 Å². The van der Waals surface area contributed by atoms with Crippen molar-refractivity contribution in [3.05, 3.63) is 62.2 Å². The van der Waals surface area contributed by atoms with Gasteiger partial charge in [-0.2, -0.15) is 0 Å².